The average molecular weight is 316 g/mol. The molecule has 0 bridgehead atoms. The summed E-state index contributed by atoms with van der Waals surface area (Å²) >= 11 is 0. The first-order valence-corrected chi connectivity index (χ1v) is 7.39. The first-order chi connectivity index (χ1) is 11.0. The van der Waals surface area contributed by atoms with Crippen LogP contribution >= 0.6 is 0 Å². The second-order valence-electron chi connectivity index (χ2n) is 5.27. The highest BCUT2D eigenvalue weighted by Gasteiger charge is 2.10. The summed E-state index contributed by atoms with van der Waals surface area (Å²) in [5.41, 5.74) is 5.53. The van der Waals surface area contributed by atoms with Gasteiger partial charge in [-0.25, -0.2) is 0 Å². The Morgan fingerprint density at radius 1 is 1.26 bits per heavy atom. The van der Waals surface area contributed by atoms with Crippen molar-refractivity contribution in [2.24, 2.45) is 5.73 Å². The molecular weight excluding hydrogens is 296 g/mol. The van der Waals surface area contributed by atoms with Crippen molar-refractivity contribution in [2.75, 3.05) is 6.61 Å². The number of primary amides is 1. The van der Waals surface area contributed by atoms with E-state index in [0.29, 0.717) is 11.3 Å². The molecule has 0 saturated carbocycles. The van der Waals surface area contributed by atoms with Gasteiger partial charge in [-0.05, 0) is 49.7 Å². The second-order valence-corrected chi connectivity index (χ2v) is 5.27. The van der Waals surface area contributed by atoms with Crippen molar-refractivity contribution in [1.82, 2.24) is 5.32 Å². The quantitative estimate of drug-likeness (QED) is 0.777. The summed E-state index contributed by atoms with van der Waals surface area (Å²) in [5.74, 6) is 0.698. The van der Waals surface area contributed by atoms with Gasteiger partial charge in [-0.1, -0.05) is 0 Å². The summed E-state index contributed by atoms with van der Waals surface area (Å²) < 4.78 is 10.4. The Bertz CT molecular complexity index is 635. The van der Waals surface area contributed by atoms with E-state index in [0.717, 1.165) is 18.6 Å². The van der Waals surface area contributed by atoms with Crippen LogP contribution in [0, 0.1) is 0 Å². The number of furan rings is 1. The molecule has 2 aromatic rings. The minimum Gasteiger partial charge on any atom is -0.484 e. The fraction of sp³-hybridized carbons (Fsp3) is 0.294. The van der Waals surface area contributed by atoms with E-state index in [4.69, 9.17) is 14.9 Å². The summed E-state index contributed by atoms with van der Waals surface area (Å²) in [6, 6.07) is 10.3. The predicted molar refractivity (Wildman–Crippen MR) is 85.1 cm³/mol. The summed E-state index contributed by atoms with van der Waals surface area (Å²) in [4.78, 5) is 22.8. The third-order valence-corrected chi connectivity index (χ3v) is 3.28. The zero-order valence-corrected chi connectivity index (χ0v) is 13.0. The first-order valence-electron chi connectivity index (χ1n) is 7.39. The largest absolute Gasteiger partial charge is 0.484 e. The number of benzene rings is 1. The highest BCUT2D eigenvalue weighted by atomic mass is 16.5. The Labute approximate surface area is 134 Å². The molecule has 23 heavy (non-hydrogen) atoms. The molecule has 6 heteroatoms. The molecule has 2 rings (SSSR count). The van der Waals surface area contributed by atoms with Gasteiger partial charge >= 0.3 is 0 Å². The molecule has 0 aliphatic heterocycles. The van der Waals surface area contributed by atoms with Crippen molar-refractivity contribution in [1.29, 1.82) is 0 Å². The molecule has 0 fully saturated rings. The lowest BCUT2D eigenvalue weighted by atomic mass is 10.1. The zero-order chi connectivity index (χ0) is 16.7. The molecule has 0 saturated heterocycles. The maximum Gasteiger partial charge on any atom is 0.255 e. The van der Waals surface area contributed by atoms with Crippen molar-refractivity contribution in [3.8, 4) is 5.75 Å². The fourth-order valence-electron chi connectivity index (χ4n) is 2.05. The zero-order valence-electron chi connectivity index (χ0n) is 13.0. The molecular formula is C17H20N2O4. The van der Waals surface area contributed by atoms with E-state index < -0.39 is 5.91 Å². The van der Waals surface area contributed by atoms with Crippen LogP contribution in [0.3, 0.4) is 0 Å². The standard InChI is InChI=1S/C17H20N2O4/c1-12(4-7-14-3-2-10-22-14)19-17(21)13-5-8-15(9-6-13)23-11-16(18)20/h2-3,5-6,8-10,12H,4,7,11H2,1H3,(H2,18,20)(H,19,21). The van der Waals surface area contributed by atoms with E-state index >= 15 is 0 Å². The fourth-order valence-corrected chi connectivity index (χ4v) is 2.05. The Morgan fingerprint density at radius 3 is 2.61 bits per heavy atom. The maximum atomic E-state index is 12.1. The second kappa shape index (κ2) is 8.03. The van der Waals surface area contributed by atoms with Crippen LogP contribution < -0.4 is 15.8 Å². The molecule has 3 N–H and O–H groups in total. The van der Waals surface area contributed by atoms with E-state index in [-0.39, 0.29) is 18.6 Å². The molecule has 1 aromatic carbocycles. The van der Waals surface area contributed by atoms with Gasteiger partial charge in [0, 0.05) is 18.0 Å². The molecule has 0 aliphatic carbocycles. The summed E-state index contributed by atoms with van der Waals surface area (Å²) in [5, 5.41) is 2.93. The Morgan fingerprint density at radius 2 is 2.00 bits per heavy atom. The Hall–Kier alpha value is -2.76. The van der Waals surface area contributed by atoms with Gasteiger partial charge in [-0.3, -0.25) is 9.59 Å². The minimum absolute atomic E-state index is 0.0263. The van der Waals surface area contributed by atoms with Crippen molar-refractivity contribution in [3.05, 3.63) is 54.0 Å². The van der Waals surface area contributed by atoms with Gasteiger partial charge in [0.15, 0.2) is 6.61 Å². The maximum absolute atomic E-state index is 12.1. The molecule has 1 unspecified atom stereocenters. The number of hydrogen-bond donors (Lipinski definition) is 2. The number of hydrogen-bond acceptors (Lipinski definition) is 4. The number of amides is 2. The summed E-state index contributed by atoms with van der Waals surface area (Å²) in [7, 11) is 0. The van der Waals surface area contributed by atoms with Gasteiger partial charge in [0.2, 0.25) is 0 Å². The van der Waals surface area contributed by atoms with Gasteiger partial charge in [0.1, 0.15) is 11.5 Å². The molecule has 0 aliphatic rings. The Kier molecular flexibility index (Phi) is 5.80. The number of rotatable bonds is 8. The summed E-state index contributed by atoms with van der Waals surface area (Å²) in [6.07, 6.45) is 3.20. The normalized spacial score (nSPS) is 11.7. The lowest BCUT2D eigenvalue weighted by Gasteiger charge is -2.13. The van der Waals surface area contributed by atoms with Crippen molar-refractivity contribution >= 4 is 11.8 Å². The minimum atomic E-state index is -0.544. The lowest BCUT2D eigenvalue weighted by Crippen LogP contribution is -2.32. The molecule has 0 spiro atoms. The lowest BCUT2D eigenvalue weighted by molar-refractivity contribution is -0.119. The van der Waals surface area contributed by atoms with Crippen LogP contribution in [0.5, 0.6) is 5.75 Å². The molecule has 1 atom stereocenters. The van der Waals surface area contributed by atoms with Gasteiger partial charge in [0.05, 0.1) is 6.26 Å². The molecule has 0 radical (unpaired) electrons. The van der Waals surface area contributed by atoms with Crippen LogP contribution in [-0.4, -0.2) is 24.5 Å². The van der Waals surface area contributed by atoms with Crippen LogP contribution in [0.25, 0.3) is 0 Å². The molecule has 1 aromatic heterocycles. The van der Waals surface area contributed by atoms with E-state index in [1.54, 1.807) is 30.5 Å². The van der Waals surface area contributed by atoms with Crippen LogP contribution in [0.4, 0.5) is 0 Å². The van der Waals surface area contributed by atoms with E-state index in [9.17, 15) is 9.59 Å². The number of carbonyl (C=O) groups excluding carboxylic acids is 2. The van der Waals surface area contributed by atoms with Gasteiger partial charge in [-0.15, -0.1) is 0 Å². The molecule has 122 valence electrons. The van der Waals surface area contributed by atoms with E-state index in [1.807, 2.05) is 19.1 Å². The predicted octanol–water partition coefficient (Wildman–Crippen LogP) is 1.89. The number of nitrogens with one attached hydrogen (secondary N) is 1. The van der Waals surface area contributed by atoms with E-state index in [2.05, 4.69) is 5.32 Å². The SMILES string of the molecule is CC(CCc1ccco1)NC(=O)c1ccc(OCC(N)=O)cc1. The number of aryl methyl sites for hydroxylation is 1. The number of carbonyl (C=O) groups is 2. The molecule has 6 nitrogen and oxygen atoms in total. The van der Waals surface area contributed by atoms with Gasteiger partial charge < -0.3 is 20.2 Å². The van der Waals surface area contributed by atoms with Crippen molar-refractivity contribution in [3.63, 3.8) is 0 Å². The number of nitrogens with two attached hydrogens (primary N) is 1. The highest BCUT2D eigenvalue weighted by molar-refractivity contribution is 5.94. The van der Waals surface area contributed by atoms with E-state index in [1.165, 1.54) is 0 Å². The smallest absolute Gasteiger partial charge is 0.255 e. The third kappa shape index (κ3) is 5.50. The monoisotopic (exact) mass is 316 g/mol. The van der Waals surface area contributed by atoms with Gasteiger partial charge in [0.25, 0.3) is 11.8 Å². The molecule has 2 amide bonds. The van der Waals surface area contributed by atoms with Crippen LogP contribution in [0.15, 0.2) is 47.1 Å². The summed E-state index contributed by atoms with van der Waals surface area (Å²) in [6.45, 7) is 1.76. The topological polar surface area (TPSA) is 94.6 Å². The van der Waals surface area contributed by atoms with Crippen molar-refractivity contribution < 1.29 is 18.7 Å². The third-order valence-electron chi connectivity index (χ3n) is 3.28. The average Bonchev–Trinajstić information content (AvgIpc) is 3.05. The highest BCUT2D eigenvalue weighted by Crippen LogP contribution is 2.12. The number of ether oxygens (including phenoxy) is 1. The van der Waals surface area contributed by atoms with Crippen LogP contribution in [-0.2, 0) is 11.2 Å². The Balaban J connectivity index is 1.81. The first kappa shape index (κ1) is 16.6. The van der Waals surface area contributed by atoms with Crippen LogP contribution in [0.2, 0.25) is 0 Å². The molecule has 1 heterocycles. The van der Waals surface area contributed by atoms with Crippen LogP contribution in [0.1, 0.15) is 29.5 Å². The van der Waals surface area contributed by atoms with Crippen molar-refractivity contribution in [2.45, 2.75) is 25.8 Å². The van der Waals surface area contributed by atoms with Gasteiger partial charge in [-0.2, -0.15) is 0 Å².